The van der Waals surface area contributed by atoms with E-state index in [4.69, 9.17) is 4.74 Å². The van der Waals surface area contributed by atoms with Crippen LogP contribution < -0.4 is 10.1 Å². The fourth-order valence-corrected chi connectivity index (χ4v) is 3.91. The van der Waals surface area contributed by atoms with E-state index >= 15 is 0 Å². The standard InChI is InChI=1S/C24H21FN6O2/c1-2-33-22-10-5-15(13-26-22)18-9-8-17(11-20(18)23-28-30-31-29-23)27-24(32)21-12-19(21)14-3-6-16(25)7-4-14/h3-11,13,19,21H,2,12H2,1H3,(H,27,32)(H,28,29,30,31)/t19-,21+/m0/s1. The third-order valence-electron chi connectivity index (χ3n) is 5.64. The number of benzene rings is 2. The Morgan fingerprint density at radius 3 is 2.70 bits per heavy atom. The number of hydrogen-bond donors (Lipinski definition) is 2. The van der Waals surface area contributed by atoms with Crippen molar-refractivity contribution in [2.45, 2.75) is 19.3 Å². The highest BCUT2D eigenvalue weighted by Crippen LogP contribution is 2.48. The summed E-state index contributed by atoms with van der Waals surface area (Å²) in [7, 11) is 0. The van der Waals surface area contributed by atoms with Crippen LogP contribution in [0.3, 0.4) is 0 Å². The molecule has 0 aliphatic heterocycles. The molecule has 1 fully saturated rings. The van der Waals surface area contributed by atoms with Crippen LogP contribution in [-0.4, -0.2) is 38.1 Å². The van der Waals surface area contributed by atoms with E-state index in [9.17, 15) is 9.18 Å². The van der Waals surface area contributed by atoms with E-state index in [1.165, 1.54) is 12.1 Å². The number of carbonyl (C=O) groups excluding carboxylic acids is 1. The number of aromatic nitrogens is 5. The van der Waals surface area contributed by atoms with Crippen molar-refractivity contribution in [1.82, 2.24) is 25.6 Å². The van der Waals surface area contributed by atoms with Gasteiger partial charge in [0, 0.05) is 35.0 Å². The first-order chi connectivity index (χ1) is 16.1. The Hall–Kier alpha value is -4.14. The first-order valence-corrected chi connectivity index (χ1v) is 10.7. The second-order valence-corrected chi connectivity index (χ2v) is 7.80. The van der Waals surface area contributed by atoms with Gasteiger partial charge in [0.2, 0.25) is 17.6 Å². The zero-order chi connectivity index (χ0) is 22.8. The number of tetrazole rings is 1. The fourth-order valence-electron chi connectivity index (χ4n) is 3.91. The molecule has 8 nitrogen and oxygen atoms in total. The van der Waals surface area contributed by atoms with E-state index in [2.05, 4.69) is 30.9 Å². The van der Waals surface area contributed by atoms with Gasteiger partial charge in [-0.25, -0.2) is 9.37 Å². The maximum Gasteiger partial charge on any atom is 0.228 e. The third-order valence-corrected chi connectivity index (χ3v) is 5.64. The summed E-state index contributed by atoms with van der Waals surface area (Å²) in [4.78, 5) is 17.2. The molecule has 2 heterocycles. The molecule has 9 heteroatoms. The number of nitrogens with one attached hydrogen (secondary N) is 2. The topological polar surface area (TPSA) is 106 Å². The van der Waals surface area contributed by atoms with Crippen LogP contribution in [-0.2, 0) is 4.79 Å². The van der Waals surface area contributed by atoms with E-state index in [-0.39, 0.29) is 23.6 Å². The molecule has 2 atom stereocenters. The van der Waals surface area contributed by atoms with E-state index in [0.29, 0.717) is 29.6 Å². The number of anilines is 1. The van der Waals surface area contributed by atoms with Crippen molar-refractivity contribution in [2.75, 3.05) is 11.9 Å². The average molecular weight is 444 g/mol. The summed E-state index contributed by atoms with van der Waals surface area (Å²) in [5.41, 5.74) is 4.02. The minimum Gasteiger partial charge on any atom is -0.478 e. The second kappa shape index (κ2) is 8.78. The van der Waals surface area contributed by atoms with Crippen LogP contribution in [0.2, 0.25) is 0 Å². The molecule has 1 aliphatic carbocycles. The molecule has 33 heavy (non-hydrogen) atoms. The molecular weight excluding hydrogens is 423 g/mol. The Balaban J connectivity index is 1.37. The summed E-state index contributed by atoms with van der Waals surface area (Å²) >= 11 is 0. The van der Waals surface area contributed by atoms with Gasteiger partial charge in [-0.05, 0) is 65.9 Å². The molecule has 4 aromatic rings. The van der Waals surface area contributed by atoms with Crippen molar-refractivity contribution < 1.29 is 13.9 Å². The van der Waals surface area contributed by atoms with E-state index < -0.39 is 0 Å². The van der Waals surface area contributed by atoms with Gasteiger partial charge >= 0.3 is 0 Å². The highest BCUT2D eigenvalue weighted by Gasteiger charge is 2.43. The number of rotatable bonds is 7. The number of pyridine rings is 1. The lowest BCUT2D eigenvalue weighted by molar-refractivity contribution is -0.117. The summed E-state index contributed by atoms with van der Waals surface area (Å²) in [6.07, 6.45) is 2.46. The summed E-state index contributed by atoms with van der Waals surface area (Å²) in [5.74, 6) is 0.573. The SMILES string of the molecule is CCOc1ccc(-c2ccc(NC(=O)[C@@H]3C[C@H]3c3ccc(F)cc3)cc2-c2nn[nH]n2)cn1. The van der Waals surface area contributed by atoms with Crippen LogP contribution in [0.4, 0.5) is 10.1 Å². The molecule has 0 saturated heterocycles. The highest BCUT2D eigenvalue weighted by molar-refractivity contribution is 5.96. The molecule has 2 N–H and O–H groups in total. The van der Waals surface area contributed by atoms with Crippen molar-refractivity contribution in [1.29, 1.82) is 0 Å². The molecule has 1 saturated carbocycles. The van der Waals surface area contributed by atoms with Gasteiger partial charge in [-0.15, -0.1) is 10.2 Å². The van der Waals surface area contributed by atoms with Gasteiger partial charge < -0.3 is 10.1 Å². The van der Waals surface area contributed by atoms with Gasteiger partial charge in [-0.2, -0.15) is 5.21 Å². The number of aromatic amines is 1. The average Bonchev–Trinajstić information content (AvgIpc) is 3.45. The van der Waals surface area contributed by atoms with Crippen molar-refractivity contribution in [2.24, 2.45) is 5.92 Å². The summed E-state index contributed by atoms with van der Waals surface area (Å²) < 4.78 is 18.6. The minimum absolute atomic E-state index is 0.0705. The quantitative estimate of drug-likeness (QED) is 0.442. The van der Waals surface area contributed by atoms with E-state index in [0.717, 1.165) is 23.1 Å². The van der Waals surface area contributed by atoms with Crippen LogP contribution in [0.25, 0.3) is 22.5 Å². The summed E-state index contributed by atoms with van der Waals surface area (Å²) in [5, 5.41) is 17.3. The van der Waals surface area contributed by atoms with Gasteiger partial charge in [-0.1, -0.05) is 18.2 Å². The molecule has 0 unspecified atom stereocenters. The maximum absolute atomic E-state index is 13.2. The van der Waals surface area contributed by atoms with Gasteiger partial charge in [0.05, 0.1) is 6.61 Å². The molecule has 5 rings (SSSR count). The monoisotopic (exact) mass is 444 g/mol. The lowest BCUT2D eigenvalue weighted by Crippen LogP contribution is -2.14. The number of halogens is 1. The van der Waals surface area contributed by atoms with Gasteiger partial charge in [0.1, 0.15) is 5.82 Å². The van der Waals surface area contributed by atoms with Crippen LogP contribution in [0.15, 0.2) is 60.8 Å². The lowest BCUT2D eigenvalue weighted by Gasteiger charge is -2.11. The predicted octanol–water partition coefficient (Wildman–Crippen LogP) is 4.21. The molecule has 166 valence electrons. The molecule has 0 spiro atoms. The number of nitrogens with zero attached hydrogens (tertiary/aromatic N) is 4. The molecular formula is C24H21FN6O2. The van der Waals surface area contributed by atoms with E-state index in [1.54, 1.807) is 24.4 Å². The van der Waals surface area contributed by atoms with Crippen molar-refractivity contribution in [3.8, 4) is 28.4 Å². The van der Waals surface area contributed by atoms with Crippen LogP contribution >= 0.6 is 0 Å². The number of carbonyl (C=O) groups is 1. The Kier molecular flexibility index (Phi) is 5.52. The maximum atomic E-state index is 13.2. The Morgan fingerprint density at radius 1 is 1.15 bits per heavy atom. The predicted molar refractivity (Wildman–Crippen MR) is 120 cm³/mol. The largest absolute Gasteiger partial charge is 0.478 e. The Bertz CT molecular complexity index is 1260. The molecule has 1 aliphatic rings. The van der Waals surface area contributed by atoms with Gasteiger partial charge in [0.15, 0.2) is 0 Å². The molecule has 2 aromatic heterocycles. The van der Waals surface area contributed by atoms with Crippen LogP contribution in [0.1, 0.15) is 24.8 Å². The Morgan fingerprint density at radius 2 is 2.00 bits per heavy atom. The Labute approximate surface area is 189 Å². The smallest absolute Gasteiger partial charge is 0.228 e. The van der Waals surface area contributed by atoms with Gasteiger partial charge in [-0.3, -0.25) is 4.79 Å². The lowest BCUT2D eigenvalue weighted by atomic mass is 9.99. The molecule has 2 aromatic carbocycles. The zero-order valence-corrected chi connectivity index (χ0v) is 17.8. The molecule has 0 bridgehead atoms. The van der Waals surface area contributed by atoms with Crippen LogP contribution in [0, 0.1) is 11.7 Å². The first-order valence-electron chi connectivity index (χ1n) is 10.7. The van der Waals surface area contributed by atoms with Gasteiger partial charge in [0.25, 0.3) is 0 Å². The fraction of sp³-hybridized carbons (Fsp3) is 0.208. The zero-order valence-electron chi connectivity index (χ0n) is 17.8. The molecule has 0 radical (unpaired) electrons. The van der Waals surface area contributed by atoms with Crippen molar-refractivity contribution >= 4 is 11.6 Å². The number of ether oxygens (including phenoxy) is 1. The summed E-state index contributed by atoms with van der Waals surface area (Å²) in [6, 6.07) is 15.6. The van der Waals surface area contributed by atoms with Crippen molar-refractivity contribution in [3.63, 3.8) is 0 Å². The first kappa shape index (κ1) is 20.7. The summed E-state index contributed by atoms with van der Waals surface area (Å²) in [6.45, 7) is 2.44. The number of hydrogen-bond acceptors (Lipinski definition) is 6. The van der Waals surface area contributed by atoms with Crippen LogP contribution in [0.5, 0.6) is 5.88 Å². The van der Waals surface area contributed by atoms with E-state index in [1.807, 2.05) is 31.2 Å². The number of amides is 1. The normalized spacial score (nSPS) is 16.9. The molecule has 1 amide bonds. The number of H-pyrrole nitrogens is 1. The van der Waals surface area contributed by atoms with Crippen molar-refractivity contribution in [3.05, 3.63) is 72.2 Å². The second-order valence-electron chi connectivity index (χ2n) is 7.80. The highest BCUT2D eigenvalue weighted by atomic mass is 19.1. The minimum atomic E-state index is -0.280. The third kappa shape index (κ3) is 4.43.